The van der Waals surface area contributed by atoms with Gasteiger partial charge in [-0.25, -0.2) is 4.79 Å². The van der Waals surface area contributed by atoms with Gasteiger partial charge in [-0.15, -0.1) is 0 Å². The molecule has 0 spiro atoms. The van der Waals surface area contributed by atoms with Crippen LogP contribution in [0.25, 0.3) is 0 Å². The van der Waals surface area contributed by atoms with Gasteiger partial charge in [0.25, 0.3) is 0 Å². The number of hydrogen-bond acceptors (Lipinski definition) is 5. The first-order valence-electron chi connectivity index (χ1n) is 7.14. The summed E-state index contributed by atoms with van der Waals surface area (Å²) in [5.74, 6) is -0.371. The summed E-state index contributed by atoms with van der Waals surface area (Å²) in [6.07, 6.45) is 4.40. The van der Waals surface area contributed by atoms with Crippen LogP contribution in [0.1, 0.15) is 29.3 Å². The minimum Gasteiger partial charge on any atom is -0.501 e. The lowest BCUT2D eigenvalue weighted by Crippen LogP contribution is -2.01. The summed E-state index contributed by atoms with van der Waals surface area (Å²) in [6.45, 7) is 2.37. The van der Waals surface area contributed by atoms with Crippen LogP contribution >= 0.6 is 0 Å². The molecule has 0 heterocycles. The maximum atomic E-state index is 11.4. The fourth-order valence-electron chi connectivity index (χ4n) is 1.84. The van der Waals surface area contributed by atoms with Crippen LogP contribution in [0.15, 0.2) is 47.7 Å². The summed E-state index contributed by atoms with van der Waals surface area (Å²) in [5, 5.41) is 17.7. The van der Waals surface area contributed by atoms with Gasteiger partial charge in [-0.05, 0) is 49.1 Å². The molecule has 1 rings (SSSR count). The van der Waals surface area contributed by atoms with E-state index in [1.165, 1.54) is 13.2 Å². The van der Waals surface area contributed by atoms with Crippen molar-refractivity contribution < 1.29 is 14.3 Å². The standard InChI is InChI=1S/C18H18N2O3/c1-3-23-13-15(10-16(11-19)12-20)5-4-14-6-8-17(9-7-14)18(21)22-2/h6-10,13H,3-5H2,1-2H3/b15-13+. The topological polar surface area (TPSA) is 83.1 Å². The highest BCUT2D eigenvalue weighted by Crippen LogP contribution is 2.14. The monoisotopic (exact) mass is 310 g/mol. The number of esters is 1. The maximum absolute atomic E-state index is 11.4. The number of benzene rings is 1. The Labute approximate surface area is 136 Å². The van der Waals surface area contributed by atoms with Gasteiger partial charge in [-0.3, -0.25) is 0 Å². The molecule has 0 aliphatic carbocycles. The van der Waals surface area contributed by atoms with Gasteiger partial charge in [0.2, 0.25) is 0 Å². The second kappa shape index (κ2) is 9.81. The summed E-state index contributed by atoms with van der Waals surface area (Å²) < 4.78 is 9.91. The molecule has 0 amide bonds. The number of carbonyl (C=O) groups is 1. The number of allylic oxidation sites excluding steroid dienone is 3. The highest BCUT2D eigenvalue weighted by Gasteiger charge is 2.05. The molecule has 0 saturated heterocycles. The maximum Gasteiger partial charge on any atom is 0.337 e. The number of rotatable bonds is 7. The first-order chi connectivity index (χ1) is 11.1. The molecule has 23 heavy (non-hydrogen) atoms. The third-order valence-corrected chi connectivity index (χ3v) is 3.05. The number of ether oxygens (including phenoxy) is 2. The Bertz CT molecular complexity index is 658. The van der Waals surface area contributed by atoms with Gasteiger partial charge in [-0.1, -0.05) is 12.1 Å². The molecule has 1 aromatic rings. The molecular weight excluding hydrogens is 292 g/mol. The highest BCUT2D eigenvalue weighted by atomic mass is 16.5. The van der Waals surface area contributed by atoms with E-state index in [9.17, 15) is 4.79 Å². The molecule has 0 unspecified atom stereocenters. The zero-order chi connectivity index (χ0) is 17.1. The van der Waals surface area contributed by atoms with Crippen LogP contribution in [0, 0.1) is 22.7 Å². The van der Waals surface area contributed by atoms with Crippen molar-refractivity contribution in [1.82, 2.24) is 0 Å². The van der Waals surface area contributed by atoms with Crippen LogP contribution in [0.5, 0.6) is 0 Å². The highest BCUT2D eigenvalue weighted by molar-refractivity contribution is 5.89. The first kappa shape index (κ1) is 18.0. The van der Waals surface area contributed by atoms with Crippen LogP contribution in [-0.4, -0.2) is 19.7 Å². The minimum absolute atomic E-state index is 0.0389. The van der Waals surface area contributed by atoms with E-state index >= 15 is 0 Å². The van der Waals surface area contributed by atoms with Gasteiger partial charge in [-0.2, -0.15) is 10.5 Å². The fourth-order valence-corrected chi connectivity index (χ4v) is 1.84. The van der Waals surface area contributed by atoms with Crippen molar-refractivity contribution in [2.45, 2.75) is 19.8 Å². The molecule has 0 aliphatic heterocycles. The zero-order valence-corrected chi connectivity index (χ0v) is 13.2. The van der Waals surface area contributed by atoms with Crippen molar-refractivity contribution in [2.75, 3.05) is 13.7 Å². The molecular formula is C18H18N2O3. The van der Waals surface area contributed by atoms with Crippen LogP contribution in [0.2, 0.25) is 0 Å². The SMILES string of the molecule is CCO/C=C(/C=C(C#N)C#N)CCc1ccc(C(=O)OC)cc1. The Morgan fingerprint density at radius 3 is 2.39 bits per heavy atom. The van der Waals surface area contributed by atoms with E-state index in [1.807, 2.05) is 31.2 Å². The quantitative estimate of drug-likeness (QED) is 0.334. The molecule has 5 nitrogen and oxygen atoms in total. The molecule has 0 bridgehead atoms. The molecule has 0 fully saturated rings. The van der Waals surface area contributed by atoms with E-state index in [2.05, 4.69) is 4.74 Å². The summed E-state index contributed by atoms with van der Waals surface area (Å²) in [4.78, 5) is 11.4. The van der Waals surface area contributed by atoms with Gasteiger partial charge in [0.05, 0.1) is 25.5 Å². The Morgan fingerprint density at radius 1 is 1.22 bits per heavy atom. The van der Waals surface area contributed by atoms with Gasteiger partial charge in [0, 0.05) is 0 Å². The molecule has 0 radical (unpaired) electrons. The van der Waals surface area contributed by atoms with E-state index in [-0.39, 0.29) is 11.5 Å². The van der Waals surface area contributed by atoms with Crippen molar-refractivity contribution in [3.63, 3.8) is 0 Å². The van der Waals surface area contributed by atoms with Crippen LogP contribution < -0.4 is 0 Å². The molecule has 0 N–H and O–H groups in total. The number of hydrogen-bond donors (Lipinski definition) is 0. The van der Waals surface area contributed by atoms with Gasteiger partial charge in [0.1, 0.15) is 17.7 Å². The van der Waals surface area contributed by atoms with Crippen molar-refractivity contribution >= 4 is 5.97 Å². The van der Waals surface area contributed by atoms with Gasteiger partial charge < -0.3 is 9.47 Å². The first-order valence-corrected chi connectivity index (χ1v) is 7.14. The lowest BCUT2D eigenvalue weighted by molar-refractivity contribution is 0.0600. The number of nitrogens with zero attached hydrogens (tertiary/aromatic N) is 2. The molecule has 0 aromatic heterocycles. The Kier molecular flexibility index (Phi) is 7.68. The van der Waals surface area contributed by atoms with Crippen molar-refractivity contribution in [3.8, 4) is 12.1 Å². The number of methoxy groups -OCH3 is 1. The van der Waals surface area contributed by atoms with Crippen molar-refractivity contribution in [3.05, 3.63) is 58.9 Å². The molecule has 1 aromatic carbocycles. The summed E-state index contributed by atoms with van der Waals surface area (Å²) in [7, 11) is 1.34. The van der Waals surface area contributed by atoms with Crippen LogP contribution in [0.4, 0.5) is 0 Å². The van der Waals surface area contributed by atoms with Crippen LogP contribution in [0.3, 0.4) is 0 Å². The predicted molar refractivity (Wildman–Crippen MR) is 85.1 cm³/mol. The average Bonchev–Trinajstić information content (AvgIpc) is 2.61. The third-order valence-electron chi connectivity index (χ3n) is 3.05. The normalized spacial score (nSPS) is 10.2. The second-order valence-corrected chi connectivity index (χ2v) is 4.62. The summed E-state index contributed by atoms with van der Waals surface area (Å²) >= 11 is 0. The van der Waals surface area contributed by atoms with E-state index in [0.717, 1.165) is 11.1 Å². The predicted octanol–water partition coefficient (Wildman–Crippen LogP) is 3.30. The summed E-state index contributed by atoms with van der Waals surface area (Å²) in [5.41, 5.74) is 2.33. The molecule has 5 heteroatoms. The van der Waals surface area contributed by atoms with Crippen molar-refractivity contribution in [2.24, 2.45) is 0 Å². The third kappa shape index (κ3) is 6.07. The zero-order valence-electron chi connectivity index (χ0n) is 13.2. The molecule has 0 aliphatic rings. The molecule has 0 saturated carbocycles. The summed E-state index contributed by atoms with van der Waals surface area (Å²) in [6, 6.07) is 10.8. The van der Waals surface area contributed by atoms with E-state index in [4.69, 9.17) is 15.3 Å². The van der Waals surface area contributed by atoms with Crippen LogP contribution in [-0.2, 0) is 15.9 Å². The number of carbonyl (C=O) groups excluding carboxylic acids is 1. The van der Waals surface area contributed by atoms with E-state index < -0.39 is 0 Å². The van der Waals surface area contributed by atoms with E-state index in [1.54, 1.807) is 18.4 Å². The molecule has 118 valence electrons. The fraction of sp³-hybridized carbons (Fsp3) is 0.278. The Hall–Kier alpha value is -3.05. The van der Waals surface area contributed by atoms with Gasteiger partial charge in [0.15, 0.2) is 0 Å². The van der Waals surface area contributed by atoms with Gasteiger partial charge >= 0.3 is 5.97 Å². The van der Waals surface area contributed by atoms with Crippen molar-refractivity contribution in [1.29, 1.82) is 10.5 Å². The van der Waals surface area contributed by atoms with E-state index in [0.29, 0.717) is 25.0 Å². The smallest absolute Gasteiger partial charge is 0.337 e. The minimum atomic E-state index is -0.371. The Balaban J connectivity index is 2.79. The number of nitriles is 2. The average molecular weight is 310 g/mol. The molecule has 0 atom stereocenters. The Morgan fingerprint density at radius 2 is 1.87 bits per heavy atom. The lowest BCUT2D eigenvalue weighted by atomic mass is 10.0. The largest absolute Gasteiger partial charge is 0.501 e. The number of aryl methyl sites for hydroxylation is 1. The lowest BCUT2D eigenvalue weighted by Gasteiger charge is -2.05. The second-order valence-electron chi connectivity index (χ2n) is 4.62.